The number of hydrogen-bond acceptors (Lipinski definition) is 7. The second-order valence-corrected chi connectivity index (χ2v) is 8.81. The number of ether oxygens (including phenoxy) is 1. The predicted molar refractivity (Wildman–Crippen MR) is 132 cm³/mol. The van der Waals surface area contributed by atoms with Crippen LogP contribution in [0.4, 0.5) is 0 Å². The monoisotopic (exact) mass is 483 g/mol. The third-order valence-electron chi connectivity index (χ3n) is 6.01. The van der Waals surface area contributed by atoms with Gasteiger partial charge in [-0.1, -0.05) is 17.3 Å². The van der Waals surface area contributed by atoms with Crippen LogP contribution in [0.3, 0.4) is 0 Å². The van der Waals surface area contributed by atoms with Crippen molar-refractivity contribution in [3.63, 3.8) is 0 Å². The molecule has 0 amide bonds. The Morgan fingerprint density at radius 1 is 1.31 bits per heavy atom. The topological polar surface area (TPSA) is 112 Å². The fourth-order valence-electron chi connectivity index (χ4n) is 4.34. The van der Waals surface area contributed by atoms with Gasteiger partial charge in [-0.05, 0) is 75.0 Å². The minimum absolute atomic E-state index is 0. The minimum atomic E-state index is -0.749. The molecule has 177 valence electrons. The number of nitrogens with zero attached hydrogens (tertiary/aromatic N) is 4. The number of fused-ring (bicyclic) bond motifs is 1. The molecule has 0 bridgehead atoms. The summed E-state index contributed by atoms with van der Waals surface area (Å²) >= 11 is 0. The molecule has 35 heavy (non-hydrogen) atoms. The van der Waals surface area contributed by atoms with Crippen LogP contribution in [0.15, 0.2) is 34.9 Å². The van der Waals surface area contributed by atoms with Gasteiger partial charge >= 0.3 is 5.97 Å². The normalized spacial score (nSPS) is 13.1. The molecule has 3 aromatic rings. The van der Waals surface area contributed by atoms with Crippen molar-refractivity contribution in [1.29, 1.82) is 5.26 Å². The smallest absolute Gasteiger partial charge is 0.303 e. The first kappa shape index (κ1) is 26.9. The van der Waals surface area contributed by atoms with Gasteiger partial charge in [0.05, 0.1) is 11.7 Å². The Morgan fingerprint density at radius 3 is 2.83 bits per heavy atom. The molecule has 8 nitrogen and oxygen atoms in total. The van der Waals surface area contributed by atoms with Crippen molar-refractivity contribution in [3.8, 4) is 34.7 Å². The first-order chi connectivity index (χ1) is 16.4. The summed E-state index contributed by atoms with van der Waals surface area (Å²) in [6, 6.07) is 11.6. The summed E-state index contributed by atoms with van der Waals surface area (Å²) in [6.07, 6.45) is 1.73. The van der Waals surface area contributed by atoms with E-state index in [2.05, 4.69) is 34.1 Å². The van der Waals surface area contributed by atoms with Gasteiger partial charge in [0.15, 0.2) is 0 Å². The summed E-state index contributed by atoms with van der Waals surface area (Å²) in [5.74, 6) is 0.647. The van der Waals surface area contributed by atoms with E-state index in [1.165, 1.54) is 11.1 Å². The molecule has 0 spiro atoms. The molecule has 1 aromatic heterocycles. The number of rotatable bonds is 8. The van der Waals surface area contributed by atoms with Gasteiger partial charge in [0.25, 0.3) is 5.89 Å². The molecule has 0 atom stereocenters. The number of carboxylic acids is 1. The largest absolute Gasteiger partial charge is 0.490 e. The zero-order chi connectivity index (χ0) is 24.2. The summed E-state index contributed by atoms with van der Waals surface area (Å²) in [7, 11) is 0. The molecular formula is C26H28N4NaO4. The molecular weight excluding hydrogens is 455 g/mol. The van der Waals surface area contributed by atoms with Crippen molar-refractivity contribution >= 4 is 35.5 Å². The molecule has 1 N–H and O–H groups in total. The number of hydrogen-bond donors (Lipinski definition) is 1. The first-order valence-corrected chi connectivity index (χ1v) is 11.5. The third-order valence-corrected chi connectivity index (χ3v) is 6.01. The van der Waals surface area contributed by atoms with Crippen LogP contribution in [0, 0.1) is 18.3 Å². The zero-order valence-electron chi connectivity index (χ0n) is 20.7. The van der Waals surface area contributed by atoms with Crippen LogP contribution in [0.25, 0.3) is 22.8 Å². The fraction of sp³-hybridized carbons (Fsp3) is 0.385. The van der Waals surface area contributed by atoms with Crippen molar-refractivity contribution in [3.05, 3.63) is 52.6 Å². The second-order valence-electron chi connectivity index (χ2n) is 8.81. The van der Waals surface area contributed by atoms with Crippen LogP contribution in [0.1, 0.15) is 48.9 Å². The van der Waals surface area contributed by atoms with Crippen LogP contribution in [-0.4, -0.2) is 74.9 Å². The molecule has 0 fully saturated rings. The summed E-state index contributed by atoms with van der Waals surface area (Å²) in [5, 5.41) is 22.6. The SMILES string of the molecule is Cc1c(-c2noc(-c3ccc(OC(C)C)c(C#N)c3)n2)ccc2c1CCN(CCCC(=O)O)C2.[Na]. The van der Waals surface area contributed by atoms with Gasteiger partial charge in [0.2, 0.25) is 5.82 Å². The van der Waals surface area contributed by atoms with Gasteiger partial charge < -0.3 is 14.4 Å². The van der Waals surface area contributed by atoms with E-state index in [-0.39, 0.29) is 42.1 Å². The van der Waals surface area contributed by atoms with E-state index >= 15 is 0 Å². The Balaban J connectivity index is 0.00000342. The van der Waals surface area contributed by atoms with Gasteiger partial charge in [-0.15, -0.1) is 0 Å². The molecule has 1 aliphatic rings. The van der Waals surface area contributed by atoms with Crippen LogP contribution >= 0.6 is 0 Å². The Bertz CT molecular complexity index is 1250. The van der Waals surface area contributed by atoms with Gasteiger partial charge in [-0.3, -0.25) is 9.69 Å². The summed E-state index contributed by atoms with van der Waals surface area (Å²) in [6.45, 7) is 8.41. The van der Waals surface area contributed by atoms with Crippen molar-refractivity contribution in [2.75, 3.05) is 13.1 Å². The van der Waals surface area contributed by atoms with Gasteiger partial charge in [-0.2, -0.15) is 10.2 Å². The minimum Gasteiger partial charge on any atom is -0.490 e. The predicted octanol–water partition coefficient (Wildman–Crippen LogP) is 4.21. The average Bonchev–Trinajstić information content (AvgIpc) is 3.29. The van der Waals surface area contributed by atoms with Crippen molar-refractivity contribution < 1.29 is 19.2 Å². The van der Waals surface area contributed by atoms with Crippen molar-refractivity contribution in [2.45, 2.75) is 52.7 Å². The Labute approximate surface area is 227 Å². The van der Waals surface area contributed by atoms with Crippen molar-refractivity contribution in [2.24, 2.45) is 0 Å². The zero-order valence-corrected chi connectivity index (χ0v) is 22.7. The van der Waals surface area contributed by atoms with Gasteiger partial charge in [-0.25, -0.2) is 0 Å². The van der Waals surface area contributed by atoms with Crippen LogP contribution in [0.5, 0.6) is 5.75 Å². The maximum Gasteiger partial charge on any atom is 0.303 e. The molecule has 0 aliphatic carbocycles. The van der Waals surface area contributed by atoms with Gasteiger partial charge in [0.1, 0.15) is 11.8 Å². The molecule has 0 unspecified atom stereocenters. The molecule has 9 heteroatoms. The number of aliphatic carboxylic acids is 1. The van der Waals surface area contributed by atoms with E-state index in [0.717, 1.165) is 37.2 Å². The van der Waals surface area contributed by atoms with E-state index < -0.39 is 5.97 Å². The van der Waals surface area contributed by atoms with E-state index in [0.29, 0.717) is 35.0 Å². The van der Waals surface area contributed by atoms with Crippen LogP contribution < -0.4 is 4.74 Å². The third kappa shape index (κ3) is 6.30. The standard InChI is InChI=1S/C26H28N4O4.Na/c1-16(2)33-23-9-7-18(13-20(23)14-27)26-28-25(29-34-26)22-8-6-19-15-30(11-4-5-24(31)32)12-10-21(19)17(22)3;/h6-9,13,16H,4-5,10-12,15H2,1-3H3,(H,31,32);. The molecule has 4 rings (SSSR count). The Hall–Kier alpha value is -2.70. The van der Waals surface area contributed by atoms with E-state index in [1.54, 1.807) is 12.1 Å². The fourth-order valence-corrected chi connectivity index (χ4v) is 4.34. The summed E-state index contributed by atoms with van der Waals surface area (Å²) in [5.41, 5.74) is 5.69. The average molecular weight is 484 g/mol. The molecule has 0 saturated carbocycles. The number of carboxylic acid groups (broad SMARTS) is 1. The Kier molecular flexibility index (Phi) is 9.09. The molecule has 2 aromatic carbocycles. The maximum atomic E-state index is 10.8. The number of benzene rings is 2. The van der Waals surface area contributed by atoms with Crippen LogP contribution in [0.2, 0.25) is 0 Å². The van der Waals surface area contributed by atoms with E-state index in [1.807, 2.05) is 26.0 Å². The molecule has 1 aliphatic heterocycles. The molecule has 0 saturated heterocycles. The van der Waals surface area contributed by atoms with Crippen molar-refractivity contribution in [1.82, 2.24) is 15.0 Å². The number of nitriles is 1. The quantitative estimate of drug-likeness (QED) is 0.474. The molecule has 2 heterocycles. The number of aromatic nitrogens is 2. The summed E-state index contributed by atoms with van der Waals surface area (Å²) in [4.78, 5) is 17.7. The van der Waals surface area contributed by atoms with E-state index in [4.69, 9.17) is 14.4 Å². The maximum absolute atomic E-state index is 10.8. The Morgan fingerprint density at radius 2 is 2.11 bits per heavy atom. The molecule has 1 radical (unpaired) electrons. The van der Waals surface area contributed by atoms with Crippen LogP contribution in [-0.2, 0) is 17.8 Å². The van der Waals surface area contributed by atoms with Gasteiger partial charge in [0, 0.05) is 60.2 Å². The first-order valence-electron chi connectivity index (χ1n) is 11.5. The summed E-state index contributed by atoms with van der Waals surface area (Å²) < 4.78 is 11.2. The van der Waals surface area contributed by atoms with E-state index in [9.17, 15) is 10.1 Å². The second kappa shape index (κ2) is 11.8. The number of carbonyl (C=O) groups is 1.